The second-order valence-corrected chi connectivity index (χ2v) is 2.73. The lowest BCUT2D eigenvalue weighted by Crippen LogP contribution is -1.86. The number of pyridine rings is 1. The van der Waals surface area contributed by atoms with Crippen molar-refractivity contribution in [3.05, 3.63) is 34.9 Å². The highest BCUT2D eigenvalue weighted by Crippen LogP contribution is 2.15. The number of hydrogen-bond donors (Lipinski definition) is 0. The molecule has 0 radical (unpaired) electrons. The third kappa shape index (κ3) is 2.19. The summed E-state index contributed by atoms with van der Waals surface area (Å²) in [6.45, 7) is 0. The standard InChI is InChI=1S/C8H6Cl2FN/c9-4-1-2-6-3-5-12-8(10)7(6)11/h1-3,5H,4H2. The van der Waals surface area contributed by atoms with Gasteiger partial charge in [-0.05, 0) is 6.07 Å². The Labute approximate surface area is 79.8 Å². The Morgan fingerprint density at radius 2 is 2.33 bits per heavy atom. The van der Waals surface area contributed by atoms with Gasteiger partial charge in [-0.2, -0.15) is 0 Å². The molecule has 0 atom stereocenters. The van der Waals surface area contributed by atoms with E-state index in [0.717, 1.165) is 0 Å². The molecule has 0 N–H and O–H groups in total. The zero-order chi connectivity index (χ0) is 8.97. The molecule has 4 heteroatoms. The van der Waals surface area contributed by atoms with Gasteiger partial charge in [-0.25, -0.2) is 9.37 Å². The summed E-state index contributed by atoms with van der Waals surface area (Å²) in [6, 6.07) is 1.53. The maximum absolute atomic E-state index is 13.0. The molecule has 0 aromatic carbocycles. The van der Waals surface area contributed by atoms with E-state index in [1.165, 1.54) is 12.3 Å². The molecule has 0 amide bonds. The fourth-order valence-electron chi connectivity index (χ4n) is 0.732. The molecule has 0 spiro atoms. The molecule has 0 unspecified atom stereocenters. The highest BCUT2D eigenvalue weighted by atomic mass is 35.5. The van der Waals surface area contributed by atoms with E-state index in [0.29, 0.717) is 11.4 Å². The SMILES string of the molecule is Fc1c(C=CCCl)ccnc1Cl. The maximum Gasteiger partial charge on any atom is 0.167 e. The van der Waals surface area contributed by atoms with E-state index in [-0.39, 0.29) is 5.15 Å². The van der Waals surface area contributed by atoms with Gasteiger partial charge < -0.3 is 0 Å². The van der Waals surface area contributed by atoms with Crippen LogP contribution in [-0.4, -0.2) is 10.9 Å². The van der Waals surface area contributed by atoms with Gasteiger partial charge in [0.05, 0.1) is 0 Å². The molecule has 0 aliphatic rings. The summed E-state index contributed by atoms with van der Waals surface area (Å²) in [4.78, 5) is 3.57. The fraction of sp³-hybridized carbons (Fsp3) is 0.125. The molecule has 1 aromatic heterocycles. The number of rotatable bonds is 2. The number of aromatic nitrogens is 1. The number of halogens is 3. The molecule has 0 aliphatic heterocycles. The van der Waals surface area contributed by atoms with E-state index in [2.05, 4.69) is 4.98 Å². The molecule has 12 heavy (non-hydrogen) atoms. The van der Waals surface area contributed by atoms with Gasteiger partial charge in [-0.15, -0.1) is 11.6 Å². The van der Waals surface area contributed by atoms with Crippen molar-refractivity contribution in [1.29, 1.82) is 0 Å². The third-order valence-corrected chi connectivity index (χ3v) is 1.70. The second-order valence-electron chi connectivity index (χ2n) is 2.06. The first-order valence-corrected chi connectivity index (χ1v) is 4.19. The van der Waals surface area contributed by atoms with Crippen molar-refractivity contribution in [3.8, 4) is 0 Å². The van der Waals surface area contributed by atoms with Gasteiger partial charge in [0.1, 0.15) is 0 Å². The van der Waals surface area contributed by atoms with Crippen molar-refractivity contribution in [2.75, 3.05) is 5.88 Å². The normalized spacial score (nSPS) is 10.9. The summed E-state index contributed by atoms with van der Waals surface area (Å²) in [5.74, 6) is -0.167. The number of nitrogens with zero attached hydrogens (tertiary/aromatic N) is 1. The molecule has 0 aliphatic carbocycles. The van der Waals surface area contributed by atoms with Crippen molar-refractivity contribution in [3.63, 3.8) is 0 Å². The number of allylic oxidation sites excluding steroid dienone is 1. The lowest BCUT2D eigenvalue weighted by Gasteiger charge is -1.96. The summed E-state index contributed by atoms with van der Waals surface area (Å²) < 4.78 is 13.0. The van der Waals surface area contributed by atoms with Crippen LogP contribution >= 0.6 is 23.2 Å². The van der Waals surface area contributed by atoms with Crippen LogP contribution < -0.4 is 0 Å². The predicted molar refractivity (Wildman–Crippen MR) is 49.0 cm³/mol. The van der Waals surface area contributed by atoms with E-state index >= 15 is 0 Å². The average molecular weight is 206 g/mol. The summed E-state index contributed by atoms with van der Waals surface area (Å²) in [6.07, 6.45) is 4.64. The Hall–Kier alpha value is -0.600. The quantitative estimate of drug-likeness (QED) is 0.535. The summed E-state index contributed by atoms with van der Waals surface area (Å²) in [7, 11) is 0. The molecule has 0 bridgehead atoms. The Morgan fingerprint density at radius 3 is 3.00 bits per heavy atom. The number of hydrogen-bond acceptors (Lipinski definition) is 1. The lowest BCUT2D eigenvalue weighted by atomic mass is 10.2. The van der Waals surface area contributed by atoms with Gasteiger partial charge in [0.25, 0.3) is 0 Å². The van der Waals surface area contributed by atoms with Crippen molar-refractivity contribution < 1.29 is 4.39 Å². The molecule has 0 saturated heterocycles. The lowest BCUT2D eigenvalue weighted by molar-refractivity contribution is 0.619. The van der Waals surface area contributed by atoms with Crippen LogP contribution in [0.1, 0.15) is 5.56 Å². The third-order valence-electron chi connectivity index (χ3n) is 1.26. The van der Waals surface area contributed by atoms with Crippen molar-refractivity contribution >= 4 is 29.3 Å². The van der Waals surface area contributed by atoms with E-state index in [1.54, 1.807) is 12.2 Å². The van der Waals surface area contributed by atoms with Crippen LogP contribution in [0.2, 0.25) is 5.15 Å². The van der Waals surface area contributed by atoms with Crippen LogP contribution in [0.5, 0.6) is 0 Å². The van der Waals surface area contributed by atoms with Gasteiger partial charge in [-0.1, -0.05) is 23.8 Å². The molecule has 0 saturated carbocycles. The zero-order valence-corrected chi connectivity index (χ0v) is 7.61. The molecule has 0 fully saturated rings. The van der Waals surface area contributed by atoms with Crippen LogP contribution in [0.15, 0.2) is 18.3 Å². The van der Waals surface area contributed by atoms with Gasteiger partial charge in [0.15, 0.2) is 11.0 Å². The largest absolute Gasteiger partial charge is 0.242 e. The van der Waals surface area contributed by atoms with Crippen LogP contribution in [0.4, 0.5) is 4.39 Å². The topological polar surface area (TPSA) is 12.9 Å². The second kappa shape index (κ2) is 4.43. The summed E-state index contributed by atoms with van der Waals surface area (Å²) in [5, 5.41) is -0.119. The highest BCUT2D eigenvalue weighted by Gasteiger charge is 2.03. The minimum Gasteiger partial charge on any atom is -0.242 e. The van der Waals surface area contributed by atoms with Gasteiger partial charge in [0.2, 0.25) is 0 Å². The summed E-state index contributed by atoms with van der Waals surface area (Å²) >= 11 is 10.8. The fourth-order valence-corrected chi connectivity index (χ4v) is 0.987. The van der Waals surface area contributed by atoms with Gasteiger partial charge in [0, 0.05) is 17.6 Å². The minimum atomic E-state index is -0.513. The molecule has 1 heterocycles. The van der Waals surface area contributed by atoms with E-state index in [4.69, 9.17) is 23.2 Å². The minimum absolute atomic E-state index is 0.119. The smallest absolute Gasteiger partial charge is 0.167 e. The summed E-state index contributed by atoms with van der Waals surface area (Å²) in [5.41, 5.74) is 0.399. The number of alkyl halides is 1. The Bertz CT molecular complexity index is 299. The molecule has 1 nitrogen and oxygen atoms in total. The van der Waals surface area contributed by atoms with E-state index < -0.39 is 5.82 Å². The van der Waals surface area contributed by atoms with Crippen LogP contribution in [0.3, 0.4) is 0 Å². The van der Waals surface area contributed by atoms with Gasteiger partial charge >= 0.3 is 0 Å². The van der Waals surface area contributed by atoms with Crippen LogP contribution in [-0.2, 0) is 0 Å². The average Bonchev–Trinajstić information content (AvgIpc) is 2.08. The van der Waals surface area contributed by atoms with Crippen molar-refractivity contribution in [1.82, 2.24) is 4.98 Å². The Balaban J connectivity index is 3.00. The van der Waals surface area contributed by atoms with Gasteiger partial charge in [-0.3, -0.25) is 0 Å². The molecule has 1 aromatic rings. The maximum atomic E-state index is 13.0. The molecular weight excluding hydrogens is 200 g/mol. The Morgan fingerprint density at radius 1 is 1.58 bits per heavy atom. The molecular formula is C8H6Cl2FN. The Kier molecular flexibility index (Phi) is 3.50. The highest BCUT2D eigenvalue weighted by molar-refractivity contribution is 6.29. The first-order chi connectivity index (χ1) is 5.75. The first kappa shape index (κ1) is 9.49. The predicted octanol–water partition coefficient (Wildman–Crippen LogP) is 3.13. The molecule has 64 valence electrons. The monoisotopic (exact) mass is 205 g/mol. The van der Waals surface area contributed by atoms with E-state index in [1.807, 2.05) is 0 Å². The van der Waals surface area contributed by atoms with E-state index in [9.17, 15) is 4.39 Å². The first-order valence-electron chi connectivity index (χ1n) is 3.28. The van der Waals surface area contributed by atoms with Crippen molar-refractivity contribution in [2.45, 2.75) is 0 Å². The molecule has 1 rings (SSSR count). The van der Waals surface area contributed by atoms with Crippen molar-refractivity contribution in [2.24, 2.45) is 0 Å². The zero-order valence-electron chi connectivity index (χ0n) is 6.10. The van der Waals surface area contributed by atoms with Crippen LogP contribution in [0, 0.1) is 5.82 Å². The van der Waals surface area contributed by atoms with Crippen LogP contribution in [0.25, 0.3) is 6.08 Å².